The molecule has 0 bridgehead atoms. The van der Waals surface area contributed by atoms with E-state index >= 15 is 0 Å². The normalized spacial score (nSPS) is 14.5. The van der Waals surface area contributed by atoms with Crippen molar-refractivity contribution < 1.29 is 18.0 Å². The Morgan fingerprint density at radius 1 is 0.950 bits per heavy atom. The predicted molar refractivity (Wildman–Crippen MR) is 159 cm³/mol. The molecule has 0 radical (unpaired) electrons. The van der Waals surface area contributed by atoms with Crippen LogP contribution in [0.5, 0.6) is 0 Å². The molecule has 3 aromatic rings. The first-order chi connectivity index (χ1) is 19.1. The Morgan fingerprint density at radius 2 is 1.57 bits per heavy atom. The van der Waals surface area contributed by atoms with E-state index in [0.717, 1.165) is 41.1 Å². The second-order valence-electron chi connectivity index (χ2n) is 10.4. The standard InChI is InChI=1S/C31H36ClN3O4S/c1-22-12-14-25(15-13-22)20-34(24(3)31(37)33-27-9-5-6-10-27)30(36)21-35(29-11-7-4-8-23(29)2)40(38,39)28-18-16-26(32)17-19-28/h4,7-8,11-19,24,27H,5-6,9-10,20-21H2,1-3H3,(H,33,37). The van der Waals surface area contributed by atoms with Gasteiger partial charge in [0.15, 0.2) is 0 Å². The van der Waals surface area contributed by atoms with Crippen LogP contribution in [0.4, 0.5) is 5.69 Å². The molecule has 1 aliphatic rings. The lowest BCUT2D eigenvalue weighted by Crippen LogP contribution is -2.52. The van der Waals surface area contributed by atoms with E-state index < -0.39 is 28.5 Å². The molecule has 1 saturated carbocycles. The van der Waals surface area contributed by atoms with Crippen LogP contribution in [0.3, 0.4) is 0 Å². The van der Waals surface area contributed by atoms with Crippen molar-refractivity contribution in [3.8, 4) is 0 Å². The van der Waals surface area contributed by atoms with Crippen LogP contribution >= 0.6 is 11.6 Å². The minimum atomic E-state index is -4.14. The number of sulfonamides is 1. The molecule has 0 heterocycles. The van der Waals surface area contributed by atoms with Crippen molar-refractivity contribution >= 4 is 39.1 Å². The molecule has 1 aliphatic carbocycles. The smallest absolute Gasteiger partial charge is 0.264 e. The maximum Gasteiger partial charge on any atom is 0.264 e. The summed E-state index contributed by atoms with van der Waals surface area (Å²) in [4.78, 5) is 28.8. The van der Waals surface area contributed by atoms with E-state index in [1.807, 2.05) is 37.3 Å². The lowest BCUT2D eigenvalue weighted by Gasteiger charge is -2.33. The maximum atomic E-state index is 14.0. The van der Waals surface area contributed by atoms with Crippen LogP contribution in [0, 0.1) is 13.8 Å². The number of carbonyl (C=O) groups excluding carboxylic acids is 2. The molecule has 2 amide bonds. The van der Waals surface area contributed by atoms with Crippen LogP contribution in [0.25, 0.3) is 0 Å². The number of hydrogen-bond acceptors (Lipinski definition) is 4. The van der Waals surface area contributed by atoms with Crippen molar-refractivity contribution in [3.63, 3.8) is 0 Å². The molecule has 212 valence electrons. The van der Waals surface area contributed by atoms with Gasteiger partial charge in [0.05, 0.1) is 10.6 Å². The monoisotopic (exact) mass is 581 g/mol. The van der Waals surface area contributed by atoms with Crippen molar-refractivity contribution in [3.05, 3.63) is 94.5 Å². The Labute approximate surface area is 242 Å². The van der Waals surface area contributed by atoms with Gasteiger partial charge in [0.25, 0.3) is 10.0 Å². The fourth-order valence-corrected chi connectivity index (χ4v) is 6.56. The Morgan fingerprint density at radius 3 is 2.20 bits per heavy atom. The molecule has 9 heteroatoms. The molecule has 1 atom stereocenters. The van der Waals surface area contributed by atoms with Crippen LogP contribution in [0.1, 0.15) is 49.3 Å². The van der Waals surface area contributed by atoms with Crippen molar-refractivity contribution in [2.24, 2.45) is 0 Å². The highest BCUT2D eigenvalue weighted by molar-refractivity contribution is 7.92. The number of amides is 2. The summed E-state index contributed by atoms with van der Waals surface area (Å²) in [5.74, 6) is -0.717. The van der Waals surface area contributed by atoms with E-state index in [4.69, 9.17) is 11.6 Å². The highest BCUT2D eigenvalue weighted by Crippen LogP contribution is 2.28. The second-order valence-corrected chi connectivity index (χ2v) is 12.7. The largest absolute Gasteiger partial charge is 0.352 e. The third-order valence-corrected chi connectivity index (χ3v) is 9.43. The number of hydrogen-bond donors (Lipinski definition) is 1. The molecule has 0 saturated heterocycles. The summed E-state index contributed by atoms with van der Waals surface area (Å²) < 4.78 is 29.0. The van der Waals surface area contributed by atoms with E-state index in [1.54, 1.807) is 32.0 Å². The average molecular weight is 582 g/mol. The minimum Gasteiger partial charge on any atom is -0.352 e. The fourth-order valence-electron chi connectivity index (χ4n) is 4.96. The van der Waals surface area contributed by atoms with Gasteiger partial charge in [0, 0.05) is 17.6 Å². The number of para-hydroxylation sites is 1. The molecule has 7 nitrogen and oxygen atoms in total. The van der Waals surface area contributed by atoms with Gasteiger partial charge >= 0.3 is 0 Å². The molecular formula is C31H36ClN3O4S. The first-order valence-corrected chi connectivity index (χ1v) is 15.4. The molecule has 0 aliphatic heterocycles. The zero-order chi connectivity index (χ0) is 28.9. The van der Waals surface area contributed by atoms with Gasteiger partial charge in [-0.05, 0) is 75.1 Å². The van der Waals surface area contributed by atoms with Crippen molar-refractivity contribution in [1.29, 1.82) is 0 Å². The lowest BCUT2D eigenvalue weighted by atomic mass is 10.1. The zero-order valence-electron chi connectivity index (χ0n) is 23.1. The number of nitrogens with one attached hydrogen (secondary N) is 1. The number of anilines is 1. The Hall–Kier alpha value is -3.36. The third kappa shape index (κ3) is 7.04. The first-order valence-electron chi connectivity index (χ1n) is 13.6. The Bertz CT molecular complexity index is 1440. The second kappa shape index (κ2) is 12.9. The number of halogens is 1. The Balaban J connectivity index is 1.69. The summed E-state index contributed by atoms with van der Waals surface area (Å²) in [6.45, 7) is 5.17. The molecule has 3 aromatic carbocycles. The van der Waals surface area contributed by atoms with Crippen LogP contribution in [-0.4, -0.2) is 43.8 Å². The third-order valence-electron chi connectivity index (χ3n) is 7.41. The average Bonchev–Trinajstić information content (AvgIpc) is 3.44. The molecule has 0 spiro atoms. The first kappa shape index (κ1) is 29.6. The van der Waals surface area contributed by atoms with Gasteiger partial charge in [-0.3, -0.25) is 13.9 Å². The SMILES string of the molecule is Cc1ccc(CN(C(=O)CN(c2ccccc2C)S(=O)(=O)c2ccc(Cl)cc2)C(C)C(=O)NC2CCCC2)cc1. The summed E-state index contributed by atoms with van der Waals surface area (Å²) >= 11 is 6.01. The number of benzene rings is 3. The highest BCUT2D eigenvalue weighted by Gasteiger charge is 2.33. The van der Waals surface area contributed by atoms with Crippen LogP contribution in [-0.2, 0) is 26.2 Å². The van der Waals surface area contributed by atoms with Gasteiger partial charge in [0.1, 0.15) is 12.6 Å². The van der Waals surface area contributed by atoms with E-state index in [9.17, 15) is 18.0 Å². The van der Waals surface area contributed by atoms with Gasteiger partial charge < -0.3 is 10.2 Å². The molecule has 1 unspecified atom stereocenters. The summed E-state index contributed by atoms with van der Waals surface area (Å²) in [6.07, 6.45) is 3.98. The van der Waals surface area contributed by atoms with Gasteiger partial charge in [-0.2, -0.15) is 0 Å². The van der Waals surface area contributed by atoms with Gasteiger partial charge in [-0.1, -0.05) is 72.5 Å². The molecular weight excluding hydrogens is 546 g/mol. The van der Waals surface area contributed by atoms with Gasteiger partial charge in [-0.25, -0.2) is 8.42 Å². The maximum absolute atomic E-state index is 14.0. The van der Waals surface area contributed by atoms with Crippen molar-refractivity contribution in [1.82, 2.24) is 10.2 Å². The van der Waals surface area contributed by atoms with Crippen LogP contribution in [0.2, 0.25) is 5.02 Å². The predicted octanol–water partition coefficient (Wildman–Crippen LogP) is 5.63. The number of aryl methyl sites for hydroxylation is 2. The summed E-state index contributed by atoms with van der Waals surface area (Å²) in [5.41, 5.74) is 3.02. The lowest BCUT2D eigenvalue weighted by molar-refractivity contribution is -0.139. The van der Waals surface area contributed by atoms with Crippen LogP contribution < -0.4 is 9.62 Å². The number of rotatable bonds is 10. The van der Waals surface area contributed by atoms with Gasteiger partial charge in [-0.15, -0.1) is 0 Å². The number of carbonyl (C=O) groups is 2. The van der Waals surface area contributed by atoms with Crippen LogP contribution in [0.15, 0.2) is 77.7 Å². The van der Waals surface area contributed by atoms with Crippen molar-refractivity contribution in [2.75, 3.05) is 10.8 Å². The Kier molecular flexibility index (Phi) is 9.53. The topological polar surface area (TPSA) is 86.8 Å². The number of nitrogens with zero attached hydrogens (tertiary/aromatic N) is 2. The zero-order valence-corrected chi connectivity index (χ0v) is 24.7. The van der Waals surface area contributed by atoms with E-state index in [2.05, 4.69) is 5.32 Å². The molecule has 1 N–H and O–H groups in total. The van der Waals surface area contributed by atoms with E-state index in [0.29, 0.717) is 16.3 Å². The minimum absolute atomic E-state index is 0.0186. The summed E-state index contributed by atoms with van der Waals surface area (Å²) in [7, 11) is -4.14. The molecule has 40 heavy (non-hydrogen) atoms. The quantitative estimate of drug-likeness (QED) is 0.336. The van der Waals surface area contributed by atoms with Crippen molar-refractivity contribution in [2.45, 2.75) is 70.0 Å². The molecule has 0 aromatic heterocycles. The molecule has 1 fully saturated rings. The fraction of sp³-hybridized carbons (Fsp3) is 0.355. The molecule has 4 rings (SSSR count). The van der Waals surface area contributed by atoms with E-state index in [1.165, 1.54) is 29.2 Å². The summed E-state index contributed by atoms with van der Waals surface area (Å²) in [5, 5.41) is 3.49. The van der Waals surface area contributed by atoms with E-state index in [-0.39, 0.29) is 23.4 Å². The summed E-state index contributed by atoms with van der Waals surface area (Å²) in [6, 6.07) is 19.9. The van der Waals surface area contributed by atoms with Gasteiger partial charge in [0.2, 0.25) is 11.8 Å². The highest BCUT2D eigenvalue weighted by atomic mass is 35.5.